The lowest BCUT2D eigenvalue weighted by molar-refractivity contribution is -0.144. The second-order valence-electron chi connectivity index (χ2n) is 4.36. The maximum absolute atomic E-state index is 11.2. The van der Waals surface area contributed by atoms with Crippen molar-refractivity contribution in [2.75, 3.05) is 5.75 Å². The van der Waals surface area contributed by atoms with Gasteiger partial charge in [0.2, 0.25) is 0 Å². The van der Waals surface area contributed by atoms with Crippen molar-refractivity contribution in [2.24, 2.45) is 5.90 Å². The summed E-state index contributed by atoms with van der Waals surface area (Å²) >= 11 is 1.88. The molecular formula is C10H17N3O3S. The van der Waals surface area contributed by atoms with Crippen molar-refractivity contribution in [3.8, 4) is 0 Å². The second-order valence-corrected chi connectivity index (χ2v) is 5.63. The maximum atomic E-state index is 11.2. The number of thioether (sulfide) groups is 1. The van der Waals surface area contributed by atoms with Crippen LogP contribution in [-0.4, -0.2) is 35.1 Å². The molecule has 2 aliphatic heterocycles. The van der Waals surface area contributed by atoms with Gasteiger partial charge in [0.1, 0.15) is 0 Å². The van der Waals surface area contributed by atoms with Gasteiger partial charge in [-0.05, 0) is 12.8 Å². The first-order chi connectivity index (χ1) is 8.20. The number of carbonyl (C=O) groups is 2. The molecule has 0 aromatic rings. The minimum absolute atomic E-state index is 0.0583. The van der Waals surface area contributed by atoms with Crippen LogP contribution in [0.2, 0.25) is 0 Å². The first-order valence-electron chi connectivity index (χ1n) is 5.79. The Morgan fingerprint density at radius 2 is 2.29 bits per heavy atom. The van der Waals surface area contributed by atoms with Gasteiger partial charge < -0.3 is 15.5 Å². The molecule has 17 heavy (non-hydrogen) atoms. The molecule has 0 aliphatic carbocycles. The zero-order valence-electron chi connectivity index (χ0n) is 9.48. The Bertz CT molecular complexity index is 313. The van der Waals surface area contributed by atoms with E-state index in [1.54, 1.807) is 0 Å². The fraction of sp³-hybridized carbons (Fsp3) is 0.800. The summed E-state index contributed by atoms with van der Waals surface area (Å²) in [4.78, 5) is 26.1. The molecule has 4 N–H and O–H groups in total. The van der Waals surface area contributed by atoms with Crippen LogP contribution in [0, 0.1) is 0 Å². The lowest BCUT2D eigenvalue weighted by atomic mass is 10.0. The molecule has 0 aromatic carbocycles. The number of urea groups is 1. The third kappa shape index (κ3) is 3.04. The van der Waals surface area contributed by atoms with E-state index in [9.17, 15) is 9.59 Å². The number of rotatable bonds is 5. The highest BCUT2D eigenvalue weighted by Gasteiger charge is 2.42. The molecular weight excluding hydrogens is 242 g/mol. The van der Waals surface area contributed by atoms with E-state index in [-0.39, 0.29) is 24.1 Å². The van der Waals surface area contributed by atoms with Crippen molar-refractivity contribution in [3.63, 3.8) is 0 Å². The molecule has 0 spiro atoms. The first kappa shape index (κ1) is 12.5. The summed E-state index contributed by atoms with van der Waals surface area (Å²) in [7, 11) is 0. The van der Waals surface area contributed by atoms with Gasteiger partial charge in [0.15, 0.2) is 0 Å². The fourth-order valence-electron chi connectivity index (χ4n) is 2.32. The van der Waals surface area contributed by atoms with Crippen LogP contribution in [-0.2, 0) is 9.63 Å². The number of nitrogens with two attached hydrogens (primary N) is 1. The highest BCUT2D eigenvalue weighted by Crippen LogP contribution is 2.33. The smallest absolute Gasteiger partial charge is 0.324 e. The van der Waals surface area contributed by atoms with Crippen molar-refractivity contribution < 1.29 is 14.4 Å². The van der Waals surface area contributed by atoms with Gasteiger partial charge in [-0.3, -0.25) is 4.79 Å². The number of hydrogen-bond donors (Lipinski definition) is 3. The van der Waals surface area contributed by atoms with Gasteiger partial charge in [-0.15, -0.1) is 0 Å². The first-order valence-corrected chi connectivity index (χ1v) is 6.84. The van der Waals surface area contributed by atoms with Gasteiger partial charge >= 0.3 is 12.0 Å². The van der Waals surface area contributed by atoms with E-state index >= 15 is 0 Å². The van der Waals surface area contributed by atoms with Gasteiger partial charge in [0, 0.05) is 17.4 Å². The molecule has 3 atom stereocenters. The predicted molar refractivity (Wildman–Crippen MR) is 64.2 cm³/mol. The number of hydrogen-bond acceptors (Lipinski definition) is 5. The zero-order valence-corrected chi connectivity index (χ0v) is 10.3. The van der Waals surface area contributed by atoms with Gasteiger partial charge in [-0.1, -0.05) is 6.42 Å². The summed E-state index contributed by atoms with van der Waals surface area (Å²) < 4.78 is 0. The van der Waals surface area contributed by atoms with E-state index in [0.717, 1.165) is 25.0 Å². The molecule has 6 nitrogen and oxygen atoms in total. The Morgan fingerprint density at radius 1 is 1.47 bits per heavy atom. The van der Waals surface area contributed by atoms with Crippen LogP contribution in [0.15, 0.2) is 0 Å². The average Bonchev–Trinajstić information content (AvgIpc) is 2.84. The second kappa shape index (κ2) is 5.59. The molecule has 2 amide bonds. The third-order valence-electron chi connectivity index (χ3n) is 3.19. The largest absolute Gasteiger partial charge is 0.373 e. The molecule has 0 radical (unpaired) electrons. The highest BCUT2D eigenvalue weighted by atomic mass is 32.2. The van der Waals surface area contributed by atoms with Crippen LogP contribution in [0.4, 0.5) is 4.79 Å². The predicted octanol–water partition coefficient (Wildman–Crippen LogP) is 0.129. The van der Waals surface area contributed by atoms with Crippen LogP contribution >= 0.6 is 11.8 Å². The maximum Gasteiger partial charge on any atom is 0.324 e. The number of unbranched alkanes of at least 4 members (excludes halogenated alkanes) is 1. The van der Waals surface area contributed by atoms with E-state index in [0.29, 0.717) is 11.7 Å². The lowest BCUT2D eigenvalue weighted by Crippen LogP contribution is -2.36. The summed E-state index contributed by atoms with van der Waals surface area (Å²) in [6.07, 6.45) is 3.11. The fourth-order valence-corrected chi connectivity index (χ4v) is 3.86. The van der Waals surface area contributed by atoms with Crippen LogP contribution in [0.1, 0.15) is 25.7 Å². The van der Waals surface area contributed by atoms with Crippen molar-refractivity contribution in [1.82, 2.24) is 10.6 Å². The van der Waals surface area contributed by atoms with Gasteiger partial charge in [0.25, 0.3) is 0 Å². The summed E-state index contributed by atoms with van der Waals surface area (Å²) in [6, 6.07) is 0.456. The summed E-state index contributed by atoms with van der Waals surface area (Å²) in [5, 5.41) is 6.30. The van der Waals surface area contributed by atoms with Crippen molar-refractivity contribution in [1.29, 1.82) is 0 Å². The Balaban J connectivity index is 1.66. The average molecular weight is 259 g/mol. The molecule has 2 unspecified atom stereocenters. The molecule has 7 heteroatoms. The van der Waals surface area contributed by atoms with E-state index in [1.807, 2.05) is 11.8 Å². The molecule has 2 rings (SSSR count). The Hall–Kier alpha value is -0.950. The highest BCUT2D eigenvalue weighted by molar-refractivity contribution is 8.00. The summed E-state index contributed by atoms with van der Waals surface area (Å²) in [5.74, 6) is 5.36. The summed E-state index contributed by atoms with van der Waals surface area (Å²) in [5.41, 5.74) is 0. The Kier molecular flexibility index (Phi) is 4.11. The van der Waals surface area contributed by atoms with E-state index in [2.05, 4.69) is 15.5 Å². The monoisotopic (exact) mass is 259 g/mol. The molecule has 2 saturated heterocycles. The van der Waals surface area contributed by atoms with Gasteiger partial charge in [-0.2, -0.15) is 17.7 Å². The Labute approximate surface area is 104 Å². The van der Waals surface area contributed by atoms with E-state index in [4.69, 9.17) is 5.90 Å². The molecule has 0 bridgehead atoms. The van der Waals surface area contributed by atoms with Crippen LogP contribution in [0.5, 0.6) is 0 Å². The minimum atomic E-state index is -0.363. The topological polar surface area (TPSA) is 93.4 Å². The molecule has 96 valence electrons. The SMILES string of the molecule is NOC(=O)CCCC[C@H]1SCC2NC(=O)NC21. The Morgan fingerprint density at radius 3 is 3.06 bits per heavy atom. The van der Waals surface area contributed by atoms with Crippen molar-refractivity contribution in [3.05, 3.63) is 0 Å². The molecule has 0 saturated carbocycles. The van der Waals surface area contributed by atoms with Crippen LogP contribution in [0.3, 0.4) is 0 Å². The number of nitrogens with one attached hydrogen (secondary N) is 2. The third-order valence-corrected chi connectivity index (χ3v) is 4.70. The number of amides is 2. The van der Waals surface area contributed by atoms with Gasteiger partial charge in [-0.25, -0.2) is 4.79 Å². The number of fused-ring (bicyclic) bond motifs is 1. The quantitative estimate of drug-likeness (QED) is 0.371. The standard InChI is InChI=1S/C10H17N3O3S/c11-16-8(14)4-2-1-3-7-9-6(5-17-7)12-10(15)13-9/h6-7,9H,1-5,11H2,(H2,12,13,15)/t6?,7-,9?/m1/s1. The normalized spacial score (nSPS) is 30.6. The summed E-state index contributed by atoms with van der Waals surface area (Å²) in [6.45, 7) is 0. The van der Waals surface area contributed by atoms with Crippen molar-refractivity contribution in [2.45, 2.75) is 43.0 Å². The molecule has 2 heterocycles. The minimum Gasteiger partial charge on any atom is -0.373 e. The van der Waals surface area contributed by atoms with E-state index in [1.165, 1.54) is 0 Å². The van der Waals surface area contributed by atoms with Gasteiger partial charge in [0.05, 0.1) is 12.1 Å². The van der Waals surface area contributed by atoms with E-state index < -0.39 is 0 Å². The van der Waals surface area contributed by atoms with Crippen molar-refractivity contribution >= 4 is 23.8 Å². The molecule has 0 aromatic heterocycles. The zero-order chi connectivity index (χ0) is 12.3. The molecule has 2 fully saturated rings. The van der Waals surface area contributed by atoms with Crippen LogP contribution < -0.4 is 16.5 Å². The lowest BCUT2D eigenvalue weighted by Gasteiger charge is -2.16. The number of carbonyl (C=O) groups excluding carboxylic acids is 2. The molecule has 2 aliphatic rings. The van der Waals surface area contributed by atoms with Crippen LogP contribution in [0.25, 0.3) is 0 Å².